The topological polar surface area (TPSA) is 83.5 Å². The Bertz CT molecular complexity index is 1650. The molecule has 0 saturated heterocycles. The second-order valence-electron chi connectivity index (χ2n) is 8.46. The predicted molar refractivity (Wildman–Crippen MR) is 148 cm³/mol. The van der Waals surface area contributed by atoms with Gasteiger partial charge >= 0.3 is 0 Å². The van der Waals surface area contributed by atoms with E-state index in [1.807, 2.05) is 49.4 Å². The van der Waals surface area contributed by atoms with Gasteiger partial charge in [-0.3, -0.25) is 19.0 Å². The first kappa shape index (κ1) is 24.6. The Morgan fingerprint density at radius 3 is 2.30 bits per heavy atom. The molecule has 0 spiro atoms. The molecule has 0 aliphatic heterocycles. The molecule has 186 valence electrons. The molecule has 3 aromatic carbocycles. The van der Waals surface area contributed by atoms with Gasteiger partial charge in [-0.15, -0.1) is 0 Å². The van der Waals surface area contributed by atoms with Gasteiger partial charge in [-0.1, -0.05) is 47.7 Å². The zero-order valence-corrected chi connectivity index (χ0v) is 21.9. The van der Waals surface area contributed by atoms with Crippen molar-refractivity contribution in [2.45, 2.75) is 18.4 Å². The summed E-state index contributed by atoms with van der Waals surface area (Å²) in [6.45, 7) is 2.22. The van der Waals surface area contributed by atoms with Gasteiger partial charge in [0.1, 0.15) is 0 Å². The highest BCUT2D eigenvalue weighted by Gasteiger charge is 2.25. The SMILES string of the molecule is Cc1cccc2sc(N(Cc3ccccn3)C(=O)c3ccc(S(=O)(=O)N(C)c4ccccc4)cc3)nc12. The molecule has 0 fully saturated rings. The van der Waals surface area contributed by atoms with Crippen LogP contribution in [0.25, 0.3) is 10.2 Å². The van der Waals surface area contributed by atoms with Crippen LogP contribution in [-0.4, -0.2) is 31.3 Å². The van der Waals surface area contributed by atoms with E-state index in [0.717, 1.165) is 21.5 Å². The van der Waals surface area contributed by atoms with E-state index in [9.17, 15) is 13.2 Å². The summed E-state index contributed by atoms with van der Waals surface area (Å²) in [6, 6.07) is 26.3. The Morgan fingerprint density at radius 1 is 0.892 bits per heavy atom. The molecule has 0 aliphatic rings. The quantitative estimate of drug-likeness (QED) is 0.272. The molecule has 0 radical (unpaired) electrons. The Kier molecular flexibility index (Phi) is 6.73. The molecule has 0 atom stereocenters. The van der Waals surface area contributed by atoms with Crippen LogP contribution in [0.15, 0.2) is 102 Å². The molecule has 0 aliphatic carbocycles. The molecule has 2 aromatic heterocycles. The van der Waals surface area contributed by atoms with Crippen LogP contribution >= 0.6 is 11.3 Å². The zero-order chi connectivity index (χ0) is 26.0. The number of para-hydroxylation sites is 2. The van der Waals surface area contributed by atoms with Gasteiger partial charge in [-0.05, 0) is 67.1 Å². The summed E-state index contributed by atoms with van der Waals surface area (Å²) in [4.78, 5) is 24.6. The van der Waals surface area contributed by atoms with E-state index in [2.05, 4.69) is 4.98 Å². The van der Waals surface area contributed by atoms with E-state index < -0.39 is 10.0 Å². The molecule has 9 heteroatoms. The van der Waals surface area contributed by atoms with Crippen molar-refractivity contribution >= 4 is 48.3 Å². The predicted octanol–water partition coefficient (Wildman–Crippen LogP) is 5.67. The molecule has 0 N–H and O–H groups in total. The monoisotopic (exact) mass is 528 g/mol. The first-order chi connectivity index (χ1) is 17.8. The number of carbonyl (C=O) groups excluding carboxylic acids is 1. The molecule has 0 bridgehead atoms. The first-order valence-corrected chi connectivity index (χ1v) is 13.8. The molecule has 0 unspecified atom stereocenters. The molecular formula is C28H24N4O3S2. The highest BCUT2D eigenvalue weighted by molar-refractivity contribution is 7.92. The number of benzene rings is 3. The lowest BCUT2D eigenvalue weighted by Crippen LogP contribution is -2.31. The number of sulfonamides is 1. The highest BCUT2D eigenvalue weighted by Crippen LogP contribution is 2.32. The third-order valence-electron chi connectivity index (χ3n) is 6.01. The first-order valence-electron chi connectivity index (χ1n) is 11.6. The summed E-state index contributed by atoms with van der Waals surface area (Å²) in [5.74, 6) is -0.289. The molecule has 7 nitrogen and oxygen atoms in total. The van der Waals surface area contributed by atoms with Crippen molar-refractivity contribution in [1.82, 2.24) is 9.97 Å². The van der Waals surface area contributed by atoms with E-state index in [0.29, 0.717) is 16.4 Å². The van der Waals surface area contributed by atoms with Gasteiger partial charge in [-0.25, -0.2) is 13.4 Å². The summed E-state index contributed by atoms with van der Waals surface area (Å²) < 4.78 is 28.5. The third kappa shape index (κ3) is 4.96. The van der Waals surface area contributed by atoms with Crippen molar-refractivity contribution in [2.24, 2.45) is 0 Å². The van der Waals surface area contributed by atoms with Crippen LogP contribution in [0.4, 0.5) is 10.8 Å². The number of rotatable bonds is 7. The van der Waals surface area contributed by atoms with E-state index in [-0.39, 0.29) is 17.3 Å². The number of pyridine rings is 1. The van der Waals surface area contributed by atoms with Crippen LogP contribution in [0.1, 0.15) is 21.6 Å². The number of hydrogen-bond donors (Lipinski definition) is 0. The molecule has 37 heavy (non-hydrogen) atoms. The number of amides is 1. The number of nitrogens with zero attached hydrogens (tertiary/aromatic N) is 4. The fourth-order valence-electron chi connectivity index (χ4n) is 3.93. The number of hydrogen-bond acceptors (Lipinski definition) is 6. The average Bonchev–Trinajstić information content (AvgIpc) is 3.37. The lowest BCUT2D eigenvalue weighted by atomic mass is 10.2. The van der Waals surface area contributed by atoms with Crippen molar-refractivity contribution < 1.29 is 13.2 Å². The van der Waals surface area contributed by atoms with Crippen LogP contribution < -0.4 is 9.21 Å². The summed E-state index contributed by atoms with van der Waals surface area (Å²) in [5, 5.41) is 0.556. The summed E-state index contributed by atoms with van der Waals surface area (Å²) in [5.41, 5.74) is 3.51. The number of aryl methyl sites for hydroxylation is 1. The minimum atomic E-state index is -3.79. The molecule has 0 saturated carbocycles. The molecular weight excluding hydrogens is 504 g/mol. The highest BCUT2D eigenvalue weighted by atomic mass is 32.2. The van der Waals surface area contributed by atoms with Crippen LogP contribution in [-0.2, 0) is 16.6 Å². The maximum Gasteiger partial charge on any atom is 0.264 e. The fourth-order valence-corrected chi connectivity index (χ4v) is 6.17. The summed E-state index contributed by atoms with van der Waals surface area (Å²) in [6.07, 6.45) is 1.68. The van der Waals surface area contributed by atoms with Gasteiger partial charge in [0.05, 0.1) is 33.0 Å². The minimum absolute atomic E-state index is 0.0993. The number of thiazole rings is 1. The van der Waals surface area contributed by atoms with Crippen molar-refractivity contribution in [3.05, 3.63) is 114 Å². The van der Waals surface area contributed by atoms with Crippen LogP contribution in [0, 0.1) is 6.92 Å². The third-order valence-corrected chi connectivity index (χ3v) is 8.85. The van der Waals surface area contributed by atoms with E-state index in [1.165, 1.54) is 47.0 Å². The largest absolute Gasteiger partial charge is 0.278 e. The lowest BCUT2D eigenvalue weighted by molar-refractivity contribution is 0.0984. The van der Waals surface area contributed by atoms with Crippen molar-refractivity contribution in [3.8, 4) is 0 Å². The number of fused-ring (bicyclic) bond motifs is 1. The van der Waals surface area contributed by atoms with Crippen LogP contribution in [0.3, 0.4) is 0 Å². The Labute approximate surface area is 219 Å². The average molecular weight is 529 g/mol. The summed E-state index contributed by atoms with van der Waals surface area (Å²) in [7, 11) is -2.28. The normalized spacial score (nSPS) is 11.4. The standard InChI is InChI=1S/C28H24N4O3S2/c1-20-9-8-13-25-26(20)30-28(36-25)32(19-22-10-6-7-18-29-22)27(33)21-14-16-24(17-15-21)37(34,35)31(2)23-11-4-3-5-12-23/h3-18H,19H2,1-2H3. The maximum atomic E-state index is 13.7. The van der Waals surface area contributed by atoms with Crippen molar-refractivity contribution in [2.75, 3.05) is 16.3 Å². The van der Waals surface area contributed by atoms with Crippen LogP contribution in [0.5, 0.6) is 0 Å². The van der Waals surface area contributed by atoms with Gasteiger partial charge in [0.2, 0.25) is 0 Å². The van der Waals surface area contributed by atoms with Gasteiger partial charge in [0.15, 0.2) is 5.13 Å². The van der Waals surface area contributed by atoms with Crippen molar-refractivity contribution in [3.63, 3.8) is 0 Å². The maximum absolute atomic E-state index is 13.7. The Balaban J connectivity index is 1.48. The van der Waals surface area contributed by atoms with E-state index in [1.54, 1.807) is 35.4 Å². The van der Waals surface area contributed by atoms with E-state index in [4.69, 9.17) is 4.98 Å². The fraction of sp³-hybridized carbons (Fsp3) is 0.107. The second-order valence-corrected chi connectivity index (χ2v) is 11.4. The number of anilines is 2. The van der Waals surface area contributed by atoms with Gasteiger partial charge in [0, 0.05) is 18.8 Å². The number of carbonyl (C=O) groups is 1. The van der Waals surface area contributed by atoms with Gasteiger partial charge in [-0.2, -0.15) is 0 Å². The molecule has 5 aromatic rings. The van der Waals surface area contributed by atoms with Gasteiger partial charge in [0.25, 0.3) is 15.9 Å². The summed E-state index contributed by atoms with van der Waals surface area (Å²) >= 11 is 1.43. The minimum Gasteiger partial charge on any atom is -0.278 e. The second kappa shape index (κ2) is 10.1. The molecule has 1 amide bonds. The van der Waals surface area contributed by atoms with Crippen molar-refractivity contribution in [1.29, 1.82) is 0 Å². The van der Waals surface area contributed by atoms with Gasteiger partial charge < -0.3 is 0 Å². The number of aromatic nitrogens is 2. The molecule has 5 rings (SSSR count). The Hall–Kier alpha value is -4.08. The smallest absolute Gasteiger partial charge is 0.264 e. The Morgan fingerprint density at radius 2 is 1.62 bits per heavy atom. The van der Waals surface area contributed by atoms with E-state index >= 15 is 0 Å². The zero-order valence-electron chi connectivity index (χ0n) is 20.3. The molecule has 2 heterocycles. The lowest BCUT2D eigenvalue weighted by Gasteiger charge is -2.21. The van der Waals surface area contributed by atoms with Crippen LogP contribution in [0.2, 0.25) is 0 Å².